The molecule has 0 radical (unpaired) electrons. The third kappa shape index (κ3) is 4.50. The van der Waals surface area contributed by atoms with Crippen LogP contribution in [0.2, 0.25) is 0 Å². The molecule has 4 rings (SSSR count). The fraction of sp³-hybridized carbons (Fsp3) is 0.500. The van der Waals surface area contributed by atoms with Gasteiger partial charge in [-0.3, -0.25) is 9.69 Å². The topological polar surface area (TPSA) is 36.0 Å². The van der Waals surface area contributed by atoms with Crippen molar-refractivity contribution in [1.82, 2.24) is 9.80 Å². The lowest BCUT2D eigenvalue weighted by Gasteiger charge is -2.44. The normalized spacial score (nSPS) is 21.0. The van der Waals surface area contributed by atoms with Crippen molar-refractivity contribution in [3.8, 4) is 5.75 Å². The van der Waals surface area contributed by atoms with Crippen molar-refractivity contribution in [3.05, 3.63) is 46.7 Å². The zero-order chi connectivity index (χ0) is 19.3. The first-order valence-corrected chi connectivity index (χ1v) is 11.0. The summed E-state index contributed by atoms with van der Waals surface area (Å²) in [6.45, 7) is 5.98. The molecule has 0 spiro atoms. The SMILES string of the molecule is COc1ccc(N2CCN([C@@H]3CCCN(C(=O)Cc4cccs4)C3)CC2)cc1. The standard InChI is InChI=1S/C22H29N3O2S/c1-27-20-8-6-18(7-9-20)23-11-13-24(14-12-23)19-4-2-10-25(17-19)22(26)16-21-5-3-15-28-21/h3,5-9,15,19H,2,4,10-14,16-17H2,1H3/t19-/m1/s1. The highest BCUT2D eigenvalue weighted by Crippen LogP contribution is 2.23. The summed E-state index contributed by atoms with van der Waals surface area (Å²) >= 11 is 1.67. The monoisotopic (exact) mass is 399 g/mol. The molecule has 2 saturated heterocycles. The third-order valence-corrected chi connectivity index (χ3v) is 6.80. The lowest BCUT2D eigenvalue weighted by molar-refractivity contribution is -0.132. The van der Waals surface area contributed by atoms with Gasteiger partial charge in [0.25, 0.3) is 0 Å². The Morgan fingerprint density at radius 2 is 1.89 bits per heavy atom. The predicted molar refractivity (Wildman–Crippen MR) is 114 cm³/mol. The molecule has 0 saturated carbocycles. The smallest absolute Gasteiger partial charge is 0.227 e. The van der Waals surface area contributed by atoms with E-state index in [1.54, 1.807) is 18.4 Å². The minimum Gasteiger partial charge on any atom is -0.497 e. The summed E-state index contributed by atoms with van der Waals surface area (Å²) in [5, 5.41) is 2.05. The summed E-state index contributed by atoms with van der Waals surface area (Å²) in [7, 11) is 1.70. The molecule has 1 aromatic carbocycles. The van der Waals surface area contributed by atoms with Crippen LogP contribution in [0.25, 0.3) is 0 Å². The van der Waals surface area contributed by atoms with Gasteiger partial charge in [0.15, 0.2) is 0 Å². The highest BCUT2D eigenvalue weighted by atomic mass is 32.1. The number of carbonyl (C=O) groups excluding carboxylic acids is 1. The van der Waals surface area contributed by atoms with Crippen molar-refractivity contribution >= 4 is 22.9 Å². The second kappa shape index (κ2) is 8.97. The number of carbonyl (C=O) groups is 1. The van der Waals surface area contributed by atoms with Crippen molar-refractivity contribution in [1.29, 1.82) is 0 Å². The van der Waals surface area contributed by atoms with Crippen LogP contribution in [0, 0.1) is 0 Å². The van der Waals surface area contributed by atoms with E-state index in [-0.39, 0.29) is 5.91 Å². The Morgan fingerprint density at radius 3 is 2.57 bits per heavy atom. The van der Waals surface area contributed by atoms with Gasteiger partial charge in [-0.1, -0.05) is 6.07 Å². The van der Waals surface area contributed by atoms with Crippen LogP contribution in [0.15, 0.2) is 41.8 Å². The first kappa shape index (κ1) is 19.3. The van der Waals surface area contributed by atoms with Crippen LogP contribution in [0.5, 0.6) is 5.75 Å². The van der Waals surface area contributed by atoms with E-state index in [0.29, 0.717) is 12.5 Å². The molecule has 2 aliphatic rings. The number of thiophene rings is 1. The Morgan fingerprint density at radius 1 is 1.11 bits per heavy atom. The van der Waals surface area contributed by atoms with Crippen LogP contribution in [0.3, 0.4) is 0 Å². The van der Waals surface area contributed by atoms with E-state index in [9.17, 15) is 4.79 Å². The minimum absolute atomic E-state index is 0.281. The fourth-order valence-corrected chi connectivity index (χ4v) is 4.99. The number of rotatable bonds is 5. The zero-order valence-corrected chi connectivity index (χ0v) is 17.4. The number of hydrogen-bond donors (Lipinski definition) is 0. The molecule has 28 heavy (non-hydrogen) atoms. The summed E-state index contributed by atoms with van der Waals surface area (Å²) in [5.74, 6) is 1.18. The lowest BCUT2D eigenvalue weighted by Crippen LogP contribution is -2.56. The number of piperazine rings is 1. The van der Waals surface area contributed by atoms with Crippen LogP contribution in [-0.2, 0) is 11.2 Å². The number of nitrogens with zero attached hydrogens (tertiary/aromatic N) is 3. The Kier molecular flexibility index (Phi) is 6.17. The summed E-state index contributed by atoms with van der Waals surface area (Å²) < 4.78 is 5.26. The fourth-order valence-electron chi connectivity index (χ4n) is 4.29. The van der Waals surface area contributed by atoms with Gasteiger partial charge in [-0.05, 0) is 48.6 Å². The van der Waals surface area contributed by atoms with Gasteiger partial charge in [0.1, 0.15) is 5.75 Å². The first-order chi connectivity index (χ1) is 13.7. The number of amides is 1. The summed E-state index contributed by atoms with van der Waals surface area (Å²) in [6, 6.07) is 12.9. The zero-order valence-electron chi connectivity index (χ0n) is 16.5. The van der Waals surface area contributed by atoms with Gasteiger partial charge in [0.2, 0.25) is 5.91 Å². The number of methoxy groups -OCH3 is 1. The second-order valence-corrected chi connectivity index (χ2v) is 8.65. The Labute approximate surface area is 171 Å². The van der Waals surface area contributed by atoms with Gasteiger partial charge >= 0.3 is 0 Å². The van der Waals surface area contributed by atoms with Gasteiger partial charge in [-0.2, -0.15) is 0 Å². The third-order valence-electron chi connectivity index (χ3n) is 5.92. The molecule has 1 aromatic heterocycles. The molecular formula is C22H29N3O2S. The van der Waals surface area contributed by atoms with Gasteiger partial charge < -0.3 is 14.5 Å². The molecular weight excluding hydrogens is 370 g/mol. The summed E-state index contributed by atoms with van der Waals surface area (Å²) in [6.07, 6.45) is 2.86. The number of benzene rings is 1. The Bertz CT molecular complexity index is 755. The van der Waals surface area contributed by atoms with Gasteiger partial charge in [0, 0.05) is 55.9 Å². The van der Waals surface area contributed by atoms with Gasteiger partial charge in [-0.25, -0.2) is 0 Å². The van der Waals surface area contributed by atoms with Crippen LogP contribution >= 0.6 is 11.3 Å². The van der Waals surface area contributed by atoms with E-state index in [4.69, 9.17) is 4.74 Å². The van der Waals surface area contributed by atoms with E-state index >= 15 is 0 Å². The van der Waals surface area contributed by atoms with E-state index in [1.807, 2.05) is 23.6 Å². The number of piperidine rings is 1. The number of anilines is 1. The molecule has 0 unspecified atom stereocenters. The highest BCUT2D eigenvalue weighted by molar-refractivity contribution is 7.10. The quantitative estimate of drug-likeness (QED) is 0.774. The average molecular weight is 400 g/mol. The van der Waals surface area contributed by atoms with Crippen LogP contribution in [-0.4, -0.2) is 68.1 Å². The van der Waals surface area contributed by atoms with E-state index in [0.717, 1.165) is 51.4 Å². The van der Waals surface area contributed by atoms with Gasteiger partial charge in [0.05, 0.1) is 13.5 Å². The molecule has 5 nitrogen and oxygen atoms in total. The summed E-state index contributed by atoms with van der Waals surface area (Å²) in [4.78, 5) is 21.0. The molecule has 150 valence electrons. The predicted octanol–water partition coefficient (Wildman–Crippen LogP) is 3.11. The van der Waals surface area contributed by atoms with Crippen molar-refractivity contribution in [2.24, 2.45) is 0 Å². The molecule has 3 heterocycles. The first-order valence-electron chi connectivity index (χ1n) is 10.2. The summed E-state index contributed by atoms with van der Waals surface area (Å²) in [5.41, 5.74) is 1.26. The van der Waals surface area contributed by atoms with Crippen molar-refractivity contribution in [2.45, 2.75) is 25.3 Å². The number of hydrogen-bond acceptors (Lipinski definition) is 5. The Hall–Kier alpha value is -2.05. The van der Waals surface area contributed by atoms with Crippen molar-refractivity contribution < 1.29 is 9.53 Å². The molecule has 1 amide bonds. The minimum atomic E-state index is 0.281. The molecule has 2 aliphatic heterocycles. The van der Waals surface area contributed by atoms with E-state index in [1.165, 1.54) is 17.0 Å². The molecule has 0 N–H and O–H groups in total. The second-order valence-electron chi connectivity index (χ2n) is 7.61. The largest absolute Gasteiger partial charge is 0.497 e. The number of likely N-dealkylation sites (tertiary alicyclic amines) is 1. The molecule has 6 heteroatoms. The molecule has 0 aliphatic carbocycles. The average Bonchev–Trinajstić information content (AvgIpc) is 3.27. The van der Waals surface area contributed by atoms with Crippen molar-refractivity contribution in [3.63, 3.8) is 0 Å². The molecule has 1 atom stereocenters. The number of ether oxygens (including phenoxy) is 1. The molecule has 0 bridgehead atoms. The van der Waals surface area contributed by atoms with Crippen LogP contribution in [0.1, 0.15) is 17.7 Å². The lowest BCUT2D eigenvalue weighted by atomic mass is 10.0. The molecule has 2 fully saturated rings. The van der Waals surface area contributed by atoms with E-state index < -0.39 is 0 Å². The van der Waals surface area contributed by atoms with E-state index in [2.05, 4.69) is 32.9 Å². The van der Waals surface area contributed by atoms with Crippen LogP contribution in [0.4, 0.5) is 5.69 Å². The van der Waals surface area contributed by atoms with Crippen LogP contribution < -0.4 is 9.64 Å². The maximum absolute atomic E-state index is 12.7. The molecule has 2 aromatic rings. The maximum atomic E-state index is 12.7. The van der Waals surface area contributed by atoms with Crippen molar-refractivity contribution in [2.75, 3.05) is 51.3 Å². The van der Waals surface area contributed by atoms with Gasteiger partial charge in [-0.15, -0.1) is 11.3 Å². The Balaban J connectivity index is 1.29. The maximum Gasteiger partial charge on any atom is 0.227 e. The highest BCUT2D eigenvalue weighted by Gasteiger charge is 2.30.